The first-order valence-corrected chi connectivity index (χ1v) is 13.7. The third-order valence-electron chi connectivity index (χ3n) is 4.85. The molecule has 36 heavy (non-hydrogen) atoms. The van der Waals surface area contributed by atoms with Crippen LogP contribution in [0.3, 0.4) is 0 Å². The molecule has 3 aromatic rings. The number of hydrogen-bond donors (Lipinski definition) is 3. The van der Waals surface area contributed by atoms with Crippen LogP contribution in [0.15, 0.2) is 82.6 Å². The van der Waals surface area contributed by atoms with Crippen LogP contribution in [0.5, 0.6) is 5.75 Å². The largest absolute Gasteiger partial charge is 0.497 e. The van der Waals surface area contributed by atoms with Crippen molar-refractivity contribution >= 4 is 54.7 Å². The molecule has 0 saturated heterocycles. The molecule has 0 fully saturated rings. The molecule has 0 heterocycles. The third-order valence-corrected chi connectivity index (χ3v) is 8.24. The van der Waals surface area contributed by atoms with Gasteiger partial charge in [0.25, 0.3) is 15.9 Å². The summed E-state index contributed by atoms with van der Waals surface area (Å²) >= 11 is 5.18. The zero-order chi connectivity index (χ0) is 26.5. The number of hydrogen-bond acceptors (Lipinski definition) is 7. The summed E-state index contributed by atoms with van der Waals surface area (Å²) in [6.45, 7) is 0. The number of carbonyl (C=O) groups is 1. The van der Waals surface area contributed by atoms with E-state index >= 15 is 0 Å². The molecule has 3 aromatic carbocycles. The normalized spacial score (nSPS) is 11.6. The Morgan fingerprint density at radius 2 is 1.50 bits per heavy atom. The molecule has 10 nitrogen and oxygen atoms in total. The average molecular weight is 549 g/mol. The summed E-state index contributed by atoms with van der Waals surface area (Å²) in [5.41, 5.74) is 0.763. The lowest BCUT2D eigenvalue weighted by Crippen LogP contribution is -2.34. The van der Waals surface area contributed by atoms with Gasteiger partial charge in [0.2, 0.25) is 10.0 Å². The fraction of sp³-hybridized carbons (Fsp3) is 0.130. The van der Waals surface area contributed by atoms with E-state index in [1.165, 1.54) is 63.7 Å². The molecule has 0 aliphatic rings. The molecule has 0 saturated carbocycles. The van der Waals surface area contributed by atoms with Crippen LogP contribution in [0.2, 0.25) is 0 Å². The van der Waals surface area contributed by atoms with Crippen LogP contribution >= 0.6 is 12.2 Å². The van der Waals surface area contributed by atoms with E-state index in [0.717, 1.165) is 4.31 Å². The predicted octanol–water partition coefficient (Wildman–Crippen LogP) is 2.87. The zero-order valence-corrected chi connectivity index (χ0v) is 22.0. The minimum absolute atomic E-state index is 0.0287. The highest BCUT2D eigenvalue weighted by Gasteiger charge is 2.19. The Balaban J connectivity index is 1.70. The molecular weight excluding hydrogens is 524 g/mol. The highest BCUT2D eigenvalue weighted by Crippen LogP contribution is 2.21. The van der Waals surface area contributed by atoms with E-state index in [0.29, 0.717) is 17.1 Å². The van der Waals surface area contributed by atoms with Crippen molar-refractivity contribution in [3.05, 3.63) is 78.4 Å². The van der Waals surface area contributed by atoms with Gasteiger partial charge < -0.3 is 10.1 Å². The van der Waals surface area contributed by atoms with Crippen LogP contribution in [0.4, 0.5) is 11.4 Å². The second kappa shape index (κ2) is 11.0. The minimum atomic E-state index is -3.91. The summed E-state index contributed by atoms with van der Waals surface area (Å²) in [6, 6.07) is 17.8. The summed E-state index contributed by atoms with van der Waals surface area (Å²) in [6.07, 6.45) is 0. The summed E-state index contributed by atoms with van der Waals surface area (Å²) in [7, 11) is -3.33. The number of benzene rings is 3. The molecule has 0 unspecified atom stereocenters. The second-order valence-corrected chi connectivity index (χ2v) is 11.8. The Kier molecular flexibility index (Phi) is 8.30. The number of rotatable bonds is 8. The van der Waals surface area contributed by atoms with Crippen LogP contribution in [0, 0.1) is 0 Å². The van der Waals surface area contributed by atoms with E-state index in [9.17, 15) is 21.6 Å². The van der Waals surface area contributed by atoms with Gasteiger partial charge in [0.1, 0.15) is 5.75 Å². The maximum Gasteiger partial charge on any atom is 0.261 e. The lowest BCUT2D eigenvalue weighted by Gasteiger charge is -2.13. The lowest BCUT2D eigenvalue weighted by molar-refractivity contribution is 0.0977. The average Bonchev–Trinajstić information content (AvgIpc) is 2.84. The molecule has 0 atom stereocenters. The number of anilines is 2. The molecule has 3 rings (SSSR count). The molecule has 190 valence electrons. The van der Waals surface area contributed by atoms with Crippen molar-refractivity contribution < 1.29 is 26.4 Å². The Labute approximate surface area is 215 Å². The van der Waals surface area contributed by atoms with Crippen LogP contribution in [0.25, 0.3) is 0 Å². The van der Waals surface area contributed by atoms with Crippen molar-refractivity contribution in [1.29, 1.82) is 0 Å². The number of nitrogens with zero attached hydrogens (tertiary/aromatic N) is 1. The van der Waals surface area contributed by atoms with E-state index in [1.807, 2.05) is 0 Å². The SMILES string of the molecule is COc1ccc(NS(=O)(=O)c2cccc(NC(=S)NC(=O)c3cccc(S(=O)(=O)N(C)C)c3)c2)cc1. The van der Waals surface area contributed by atoms with Crippen molar-refractivity contribution in [2.24, 2.45) is 0 Å². The van der Waals surface area contributed by atoms with Crippen molar-refractivity contribution in [3.63, 3.8) is 0 Å². The van der Waals surface area contributed by atoms with Gasteiger partial charge in [0, 0.05) is 31.0 Å². The maximum absolute atomic E-state index is 12.8. The number of methoxy groups -OCH3 is 1. The van der Waals surface area contributed by atoms with Crippen molar-refractivity contribution in [1.82, 2.24) is 9.62 Å². The number of carbonyl (C=O) groups excluding carboxylic acids is 1. The Morgan fingerprint density at radius 3 is 2.14 bits per heavy atom. The lowest BCUT2D eigenvalue weighted by atomic mass is 10.2. The quantitative estimate of drug-likeness (QED) is 0.366. The third kappa shape index (κ3) is 6.57. The highest BCUT2D eigenvalue weighted by atomic mass is 32.2. The zero-order valence-electron chi connectivity index (χ0n) is 19.5. The smallest absolute Gasteiger partial charge is 0.261 e. The molecule has 0 spiro atoms. The number of amides is 1. The fourth-order valence-corrected chi connectivity index (χ4v) is 5.22. The van der Waals surface area contributed by atoms with E-state index in [1.54, 1.807) is 30.3 Å². The standard InChI is InChI=1S/C23H24N4O6S3/c1-27(2)36(31,32)21-9-4-6-16(14-21)22(28)25-23(34)24-18-7-5-8-20(15-18)35(29,30)26-17-10-12-19(33-3)13-11-17/h4-15,26H,1-3H3,(H2,24,25,28,34). The van der Waals surface area contributed by atoms with E-state index < -0.39 is 26.0 Å². The van der Waals surface area contributed by atoms with Gasteiger partial charge >= 0.3 is 0 Å². The highest BCUT2D eigenvalue weighted by molar-refractivity contribution is 7.92. The molecule has 0 aliphatic heterocycles. The fourth-order valence-electron chi connectivity index (χ4n) is 2.96. The molecule has 1 amide bonds. The molecular formula is C23H24N4O6S3. The van der Waals surface area contributed by atoms with Crippen LogP contribution in [0.1, 0.15) is 10.4 Å². The maximum atomic E-state index is 12.8. The van der Waals surface area contributed by atoms with Crippen molar-refractivity contribution in [2.45, 2.75) is 9.79 Å². The minimum Gasteiger partial charge on any atom is -0.497 e. The predicted molar refractivity (Wildman–Crippen MR) is 141 cm³/mol. The number of ether oxygens (including phenoxy) is 1. The first kappa shape index (κ1) is 27.1. The van der Waals surface area contributed by atoms with Crippen LogP contribution < -0.4 is 20.1 Å². The molecule has 0 aromatic heterocycles. The Morgan fingerprint density at radius 1 is 0.861 bits per heavy atom. The first-order chi connectivity index (χ1) is 16.9. The molecule has 0 bridgehead atoms. The van der Waals surface area contributed by atoms with E-state index in [4.69, 9.17) is 17.0 Å². The first-order valence-electron chi connectivity index (χ1n) is 10.3. The summed E-state index contributed by atoms with van der Waals surface area (Å²) in [5.74, 6) is -0.0426. The van der Waals surface area contributed by atoms with E-state index in [-0.39, 0.29) is 20.5 Å². The molecule has 0 radical (unpaired) electrons. The van der Waals surface area contributed by atoms with Gasteiger partial charge in [-0.15, -0.1) is 0 Å². The van der Waals surface area contributed by atoms with Gasteiger partial charge in [-0.25, -0.2) is 21.1 Å². The molecule has 3 N–H and O–H groups in total. The monoisotopic (exact) mass is 548 g/mol. The summed E-state index contributed by atoms with van der Waals surface area (Å²) < 4.78 is 58.8. The second-order valence-electron chi connectivity index (χ2n) is 7.59. The van der Waals surface area contributed by atoms with Gasteiger partial charge in [0.05, 0.1) is 16.9 Å². The van der Waals surface area contributed by atoms with E-state index in [2.05, 4.69) is 15.4 Å². The van der Waals surface area contributed by atoms with Gasteiger partial charge in [-0.05, 0) is 72.9 Å². The molecule has 13 heteroatoms. The topological polar surface area (TPSA) is 134 Å². The Bertz CT molecular complexity index is 1490. The van der Waals surface area contributed by atoms with Crippen molar-refractivity contribution in [2.75, 3.05) is 31.2 Å². The van der Waals surface area contributed by atoms with Crippen LogP contribution in [-0.4, -0.2) is 53.4 Å². The van der Waals surface area contributed by atoms with Gasteiger partial charge in [-0.3, -0.25) is 14.8 Å². The van der Waals surface area contributed by atoms with Gasteiger partial charge in [0.15, 0.2) is 5.11 Å². The number of nitrogens with one attached hydrogen (secondary N) is 3. The van der Waals surface area contributed by atoms with Gasteiger partial charge in [-0.2, -0.15) is 0 Å². The summed E-state index contributed by atoms with van der Waals surface area (Å²) in [4.78, 5) is 12.5. The number of sulfonamides is 2. The summed E-state index contributed by atoms with van der Waals surface area (Å²) in [5, 5.41) is 5.12. The Hall–Kier alpha value is -3.52. The van der Waals surface area contributed by atoms with Crippen molar-refractivity contribution in [3.8, 4) is 5.75 Å². The molecule has 0 aliphatic carbocycles. The van der Waals surface area contributed by atoms with Gasteiger partial charge in [-0.1, -0.05) is 12.1 Å². The number of thiocarbonyl (C=S) groups is 1. The van der Waals surface area contributed by atoms with Crippen LogP contribution in [-0.2, 0) is 20.0 Å².